The molecule has 0 saturated carbocycles. The molecule has 3 nitrogen and oxygen atoms in total. The van der Waals surface area contributed by atoms with Crippen LogP contribution in [0, 0.1) is 0 Å². The van der Waals surface area contributed by atoms with Gasteiger partial charge in [-0.3, -0.25) is 4.90 Å². The summed E-state index contributed by atoms with van der Waals surface area (Å²) in [6.45, 7) is 12.3. The number of amides is 1. The third-order valence-corrected chi connectivity index (χ3v) is 0.998. The maximum absolute atomic E-state index is 11.2. The molecular weight excluding hydrogens is 154 g/mol. The van der Waals surface area contributed by atoms with Crippen LogP contribution >= 0.6 is 0 Å². The Morgan fingerprint density at radius 1 is 1.33 bits per heavy atom. The van der Waals surface area contributed by atoms with Gasteiger partial charge in [-0.25, -0.2) is 4.79 Å². The molecule has 0 fully saturated rings. The van der Waals surface area contributed by atoms with Crippen molar-refractivity contribution in [2.75, 3.05) is 0 Å². The molecule has 0 spiro atoms. The fraction of sp³-hybridized carbons (Fsp3) is 0.444. The van der Waals surface area contributed by atoms with E-state index in [0.717, 1.165) is 0 Å². The summed E-state index contributed by atoms with van der Waals surface area (Å²) in [5.74, 6) is 0. The van der Waals surface area contributed by atoms with Gasteiger partial charge in [0.1, 0.15) is 5.60 Å². The number of carbonyl (C=O) groups is 1. The summed E-state index contributed by atoms with van der Waals surface area (Å²) in [6, 6.07) is 0. The second-order valence-corrected chi connectivity index (χ2v) is 3.25. The van der Waals surface area contributed by atoms with E-state index in [1.165, 1.54) is 17.3 Å². The molecular formula is C9H15NO2. The number of ether oxygens (including phenoxy) is 1. The van der Waals surface area contributed by atoms with Crippen LogP contribution in [0.4, 0.5) is 4.79 Å². The largest absolute Gasteiger partial charge is 0.443 e. The van der Waals surface area contributed by atoms with Crippen molar-refractivity contribution < 1.29 is 9.53 Å². The van der Waals surface area contributed by atoms with Crippen molar-refractivity contribution in [2.45, 2.75) is 26.4 Å². The van der Waals surface area contributed by atoms with Crippen LogP contribution in [0.5, 0.6) is 0 Å². The molecule has 0 aliphatic heterocycles. The second-order valence-electron chi connectivity index (χ2n) is 3.25. The van der Waals surface area contributed by atoms with Gasteiger partial charge in [-0.1, -0.05) is 13.2 Å². The van der Waals surface area contributed by atoms with Crippen LogP contribution < -0.4 is 0 Å². The number of rotatable bonds is 2. The standard InChI is InChI=1S/C9H15NO2/c1-6-10(7-2)8(11)12-9(3,4)5/h6-7H,1-2H2,3-5H3. The number of hydrogen-bond acceptors (Lipinski definition) is 2. The molecule has 0 saturated heterocycles. The molecule has 0 unspecified atom stereocenters. The summed E-state index contributed by atoms with van der Waals surface area (Å²) in [7, 11) is 0. The summed E-state index contributed by atoms with van der Waals surface area (Å²) in [5, 5.41) is 0. The van der Waals surface area contributed by atoms with Crippen LogP contribution in [-0.4, -0.2) is 16.6 Å². The highest BCUT2D eigenvalue weighted by atomic mass is 16.6. The Hall–Kier alpha value is -1.25. The van der Waals surface area contributed by atoms with E-state index in [9.17, 15) is 4.79 Å². The molecule has 0 heterocycles. The molecule has 12 heavy (non-hydrogen) atoms. The van der Waals surface area contributed by atoms with E-state index in [-0.39, 0.29) is 0 Å². The summed E-state index contributed by atoms with van der Waals surface area (Å²) in [6.07, 6.45) is 2.23. The average Bonchev–Trinajstić information content (AvgIpc) is 1.85. The number of nitrogens with zero attached hydrogens (tertiary/aromatic N) is 1. The molecule has 1 amide bonds. The lowest BCUT2D eigenvalue weighted by atomic mass is 10.2. The van der Waals surface area contributed by atoms with Gasteiger partial charge in [0.15, 0.2) is 0 Å². The van der Waals surface area contributed by atoms with Crippen molar-refractivity contribution in [1.82, 2.24) is 4.90 Å². The van der Waals surface area contributed by atoms with Crippen LogP contribution in [0.15, 0.2) is 25.6 Å². The lowest BCUT2D eigenvalue weighted by molar-refractivity contribution is 0.0401. The van der Waals surface area contributed by atoms with Crippen LogP contribution in [0.1, 0.15) is 20.8 Å². The van der Waals surface area contributed by atoms with Crippen molar-refractivity contribution in [1.29, 1.82) is 0 Å². The monoisotopic (exact) mass is 169 g/mol. The lowest BCUT2D eigenvalue weighted by Crippen LogP contribution is -2.30. The highest BCUT2D eigenvalue weighted by Crippen LogP contribution is 2.09. The molecule has 68 valence electrons. The molecule has 3 heteroatoms. The summed E-state index contributed by atoms with van der Waals surface area (Å²) >= 11 is 0. The molecule has 0 aliphatic rings. The normalized spacial score (nSPS) is 10.2. The smallest absolute Gasteiger partial charge is 0.418 e. The molecule has 0 N–H and O–H groups in total. The first-order valence-corrected chi connectivity index (χ1v) is 3.67. The van der Waals surface area contributed by atoms with Gasteiger partial charge < -0.3 is 4.74 Å². The van der Waals surface area contributed by atoms with E-state index < -0.39 is 11.7 Å². The zero-order valence-electron chi connectivity index (χ0n) is 7.83. The van der Waals surface area contributed by atoms with E-state index in [1.807, 2.05) is 0 Å². The Kier molecular flexibility index (Phi) is 3.54. The molecule has 0 aromatic carbocycles. The molecule has 0 aromatic heterocycles. The Morgan fingerprint density at radius 3 is 2.00 bits per heavy atom. The van der Waals surface area contributed by atoms with Crippen molar-refractivity contribution in [3.05, 3.63) is 25.6 Å². The first kappa shape index (κ1) is 10.8. The summed E-state index contributed by atoms with van der Waals surface area (Å²) < 4.78 is 5.03. The molecule has 0 radical (unpaired) electrons. The van der Waals surface area contributed by atoms with Gasteiger partial charge in [0, 0.05) is 12.4 Å². The van der Waals surface area contributed by atoms with Crippen LogP contribution in [-0.2, 0) is 4.74 Å². The Balaban J connectivity index is 4.20. The maximum atomic E-state index is 11.2. The van der Waals surface area contributed by atoms with E-state index in [4.69, 9.17) is 4.74 Å². The van der Waals surface area contributed by atoms with Crippen molar-refractivity contribution >= 4 is 6.09 Å². The minimum absolute atomic E-state index is 0.465. The van der Waals surface area contributed by atoms with E-state index in [1.54, 1.807) is 20.8 Å². The molecule has 0 aromatic rings. The molecule has 0 atom stereocenters. The van der Waals surface area contributed by atoms with Crippen LogP contribution in [0.2, 0.25) is 0 Å². The molecule has 0 rings (SSSR count). The van der Waals surface area contributed by atoms with Crippen molar-refractivity contribution in [3.8, 4) is 0 Å². The first-order valence-electron chi connectivity index (χ1n) is 3.67. The van der Waals surface area contributed by atoms with E-state index >= 15 is 0 Å². The van der Waals surface area contributed by atoms with Gasteiger partial charge in [0.05, 0.1) is 0 Å². The minimum atomic E-state index is -0.485. The summed E-state index contributed by atoms with van der Waals surface area (Å²) in [5.41, 5.74) is -0.485. The molecule has 0 aliphatic carbocycles. The second kappa shape index (κ2) is 3.95. The van der Waals surface area contributed by atoms with Gasteiger partial charge >= 0.3 is 6.09 Å². The highest BCUT2D eigenvalue weighted by Gasteiger charge is 2.18. The lowest BCUT2D eigenvalue weighted by Gasteiger charge is -2.22. The van der Waals surface area contributed by atoms with Crippen LogP contribution in [0.3, 0.4) is 0 Å². The zero-order valence-corrected chi connectivity index (χ0v) is 7.83. The Morgan fingerprint density at radius 2 is 1.75 bits per heavy atom. The highest BCUT2D eigenvalue weighted by molar-refractivity contribution is 5.70. The van der Waals surface area contributed by atoms with Crippen molar-refractivity contribution in [3.63, 3.8) is 0 Å². The van der Waals surface area contributed by atoms with Crippen LogP contribution in [0.25, 0.3) is 0 Å². The Labute approximate surface area is 73.3 Å². The zero-order chi connectivity index (χ0) is 9.78. The SMILES string of the molecule is C=CN(C=C)C(=O)OC(C)(C)C. The van der Waals surface area contributed by atoms with Crippen molar-refractivity contribution in [2.24, 2.45) is 0 Å². The topological polar surface area (TPSA) is 29.5 Å². The maximum Gasteiger partial charge on any atom is 0.418 e. The van der Waals surface area contributed by atoms with Gasteiger partial charge in [0.2, 0.25) is 0 Å². The van der Waals surface area contributed by atoms with Gasteiger partial charge in [-0.2, -0.15) is 0 Å². The first-order chi connectivity index (χ1) is 5.40. The Bertz CT molecular complexity index is 183. The van der Waals surface area contributed by atoms with Gasteiger partial charge in [-0.15, -0.1) is 0 Å². The molecule has 0 bridgehead atoms. The average molecular weight is 169 g/mol. The number of carbonyl (C=O) groups excluding carboxylic acids is 1. The van der Waals surface area contributed by atoms with Gasteiger partial charge in [0.25, 0.3) is 0 Å². The minimum Gasteiger partial charge on any atom is -0.443 e. The van der Waals surface area contributed by atoms with E-state index in [2.05, 4.69) is 13.2 Å². The fourth-order valence-corrected chi connectivity index (χ4v) is 0.538. The van der Waals surface area contributed by atoms with Gasteiger partial charge in [-0.05, 0) is 20.8 Å². The van der Waals surface area contributed by atoms with E-state index in [0.29, 0.717) is 0 Å². The quantitative estimate of drug-likeness (QED) is 0.635. The number of hydrogen-bond donors (Lipinski definition) is 0. The predicted octanol–water partition coefficient (Wildman–Crippen LogP) is 2.51. The summed E-state index contributed by atoms with van der Waals surface area (Å²) in [4.78, 5) is 12.4. The fourth-order valence-electron chi connectivity index (χ4n) is 0.538. The third kappa shape index (κ3) is 3.81. The predicted molar refractivity (Wildman–Crippen MR) is 48.5 cm³/mol. The third-order valence-electron chi connectivity index (χ3n) is 0.998.